The van der Waals surface area contributed by atoms with Crippen LogP contribution in [-0.4, -0.2) is 18.1 Å². The van der Waals surface area contributed by atoms with Gasteiger partial charge in [0.2, 0.25) is 5.88 Å². The minimum Gasteiger partial charge on any atom is -0.478 e. The molecule has 0 saturated heterocycles. The summed E-state index contributed by atoms with van der Waals surface area (Å²) in [5.74, 6) is 1.51. The minimum atomic E-state index is 0.0462. The Morgan fingerprint density at radius 3 is 2.50 bits per heavy atom. The first-order valence-corrected chi connectivity index (χ1v) is 7.01. The molecule has 0 aliphatic carbocycles. The summed E-state index contributed by atoms with van der Waals surface area (Å²) in [6.07, 6.45) is 0. The van der Waals surface area contributed by atoms with Crippen molar-refractivity contribution in [1.29, 1.82) is 0 Å². The molecular formula is C17H22N2O. The summed E-state index contributed by atoms with van der Waals surface area (Å²) in [6.45, 7) is 7.86. The lowest BCUT2D eigenvalue weighted by atomic mass is 9.84. The van der Waals surface area contributed by atoms with Gasteiger partial charge in [-0.1, -0.05) is 50.2 Å². The largest absolute Gasteiger partial charge is 0.478 e. The molecule has 0 unspecified atom stereocenters. The van der Waals surface area contributed by atoms with E-state index in [-0.39, 0.29) is 5.41 Å². The van der Waals surface area contributed by atoms with Gasteiger partial charge in [0.25, 0.3) is 0 Å². The van der Waals surface area contributed by atoms with Crippen LogP contribution in [0.1, 0.15) is 26.3 Å². The van der Waals surface area contributed by atoms with E-state index in [2.05, 4.69) is 48.4 Å². The second-order valence-electron chi connectivity index (χ2n) is 5.40. The van der Waals surface area contributed by atoms with Crippen molar-refractivity contribution in [2.75, 3.05) is 18.5 Å². The lowest BCUT2D eigenvalue weighted by Crippen LogP contribution is -2.27. The average Bonchev–Trinajstić information content (AvgIpc) is 2.47. The molecular weight excluding hydrogens is 248 g/mol. The maximum Gasteiger partial charge on any atom is 0.215 e. The van der Waals surface area contributed by atoms with Gasteiger partial charge in [0, 0.05) is 18.0 Å². The van der Waals surface area contributed by atoms with E-state index in [0.717, 1.165) is 12.4 Å². The topological polar surface area (TPSA) is 34.1 Å². The summed E-state index contributed by atoms with van der Waals surface area (Å²) in [7, 11) is 0. The first kappa shape index (κ1) is 14.4. The average molecular weight is 270 g/mol. The number of aromatic nitrogens is 1. The van der Waals surface area contributed by atoms with Gasteiger partial charge in [0.1, 0.15) is 5.82 Å². The molecule has 2 rings (SSSR count). The molecule has 0 aliphatic rings. The molecule has 0 atom stereocenters. The number of nitrogens with one attached hydrogen (secondary N) is 1. The fourth-order valence-corrected chi connectivity index (χ4v) is 2.04. The molecule has 1 aromatic heterocycles. The Balaban J connectivity index is 2.02. The highest BCUT2D eigenvalue weighted by Crippen LogP contribution is 2.23. The Kier molecular flexibility index (Phi) is 4.61. The maximum atomic E-state index is 5.41. The van der Waals surface area contributed by atoms with Gasteiger partial charge in [-0.15, -0.1) is 0 Å². The van der Waals surface area contributed by atoms with Crippen molar-refractivity contribution in [2.45, 2.75) is 26.2 Å². The van der Waals surface area contributed by atoms with Crippen LogP contribution in [0.5, 0.6) is 5.88 Å². The summed E-state index contributed by atoms with van der Waals surface area (Å²) in [6, 6.07) is 16.3. The van der Waals surface area contributed by atoms with Crippen LogP contribution in [0.2, 0.25) is 0 Å². The van der Waals surface area contributed by atoms with Gasteiger partial charge in [0.05, 0.1) is 6.61 Å². The van der Waals surface area contributed by atoms with Crippen LogP contribution in [0.15, 0.2) is 48.5 Å². The van der Waals surface area contributed by atoms with Crippen molar-refractivity contribution in [3.63, 3.8) is 0 Å². The van der Waals surface area contributed by atoms with Gasteiger partial charge in [0.15, 0.2) is 0 Å². The molecule has 1 aromatic carbocycles. The van der Waals surface area contributed by atoms with Crippen LogP contribution >= 0.6 is 0 Å². The van der Waals surface area contributed by atoms with Crippen LogP contribution < -0.4 is 10.1 Å². The molecule has 1 heterocycles. The standard InChI is InChI=1S/C17H22N2O/c1-4-20-16-12-8-11-15(19-16)18-13-17(2,3)14-9-6-5-7-10-14/h5-12H,4,13H2,1-3H3,(H,18,19). The van der Waals surface area contributed by atoms with Gasteiger partial charge in [-0.2, -0.15) is 4.98 Å². The van der Waals surface area contributed by atoms with E-state index in [1.165, 1.54) is 5.56 Å². The van der Waals surface area contributed by atoms with E-state index in [1.807, 2.05) is 31.2 Å². The van der Waals surface area contributed by atoms with Crippen LogP contribution in [0.3, 0.4) is 0 Å². The van der Waals surface area contributed by atoms with E-state index < -0.39 is 0 Å². The third kappa shape index (κ3) is 3.73. The lowest BCUT2D eigenvalue weighted by Gasteiger charge is -2.26. The molecule has 0 aliphatic heterocycles. The number of hydrogen-bond acceptors (Lipinski definition) is 3. The van der Waals surface area contributed by atoms with Gasteiger partial charge < -0.3 is 10.1 Å². The Hall–Kier alpha value is -2.03. The monoisotopic (exact) mass is 270 g/mol. The van der Waals surface area contributed by atoms with Crippen molar-refractivity contribution >= 4 is 5.82 Å². The molecule has 3 nitrogen and oxygen atoms in total. The summed E-state index contributed by atoms with van der Waals surface area (Å²) in [5.41, 5.74) is 1.36. The second-order valence-corrected chi connectivity index (χ2v) is 5.40. The number of anilines is 1. The molecule has 106 valence electrons. The molecule has 0 radical (unpaired) electrons. The molecule has 3 heteroatoms. The number of nitrogens with zero attached hydrogens (tertiary/aromatic N) is 1. The van der Waals surface area contributed by atoms with E-state index in [0.29, 0.717) is 12.5 Å². The Labute approximate surface area is 121 Å². The third-order valence-corrected chi connectivity index (χ3v) is 3.28. The normalized spacial score (nSPS) is 11.2. The number of hydrogen-bond donors (Lipinski definition) is 1. The second kappa shape index (κ2) is 6.42. The highest BCUT2D eigenvalue weighted by atomic mass is 16.5. The highest BCUT2D eigenvalue weighted by Gasteiger charge is 2.20. The molecule has 20 heavy (non-hydrogen) atoms. The fourth-order valence-electron chi connectivity index (χ4n) is 2.04. The van der Waals surface area contributed by atoms with Gasteiger partial charge in [-0.25, -0.2) is 0 Å². The zero-order valence-electron chi connectivity index (χ0n) is 12.4. The maximum absolute atomic E-state index is 5.41. The lowest BCUT2D eigenvalue weighted by molar-refractivity contribution is 0.327. The van der Waals surface area contributed by atoms with Crippen LogP contribution in [-0.2, 0) is 5.41 Å². The molecule has 0 spiro atoms. The summed E-state index contributed by atoms with van der Waals surface area (Å²) >= 11 is 0. The Bertz CT molecular complexity index is 538. The summed E-state index contributed by atoms with van der Waals surface area (Å²) in [5, 5.41) is 3.39. The minimum absolute atomic E-state index is 0.0462. The van der Waals surface area contributed by atoms with Crippen molar-refractivity contribution in [2.24, 2.45) is 0 Å². The van der Waals surface area contributed by atoms with Crippen LogP contribution in [0, 0.1) is 0 Å². The smallest absolute Gasteiger partial charge is 0.215 e. The Morgan fingerprint density at radius 2 is 1.80 bits per heavy atom. The summed E-state index contributed by atoms with van der Waals surface area (Å²) < 4.78 is 5.41. The molecule has 0 amide bonds. The van der Waals surface area contributed by atoms with Crippen molar-refractivity contribution < 1.29 is 4.74 Å². The number of benzene rings is 1. The zero-order chi connectivity index (χ0) is 14.4. The van der Waals surface area contributed by atoms with Gasteiger partial charge in [-0.05, 0) is 18.6 Å². The summed E-state index contributed by atoms with van der Waals surface area (Å²) in [4.78, 5) is 4.43. The molecule has 0 fully saturated rings. The van der Waals surface area contributed by atoms with Crippen LogP contribution in [0.25, 0.3) is 0 Å². The van der Waals surface area contributed by atoms with E-state index >= 15 is 0 Å². The van der Waals surface area contributed by atoms with E-state index in [1.54, 1.807) is 0 Å². The molecule has 1 N–H and O–H groups in total. The third-order valence-electron chi connectivity index (χ3n) is 3.28. The van der Waals surface area contributed by atoms with Crippen molar-refractivity contribution in [3.05, 3.63) is 54.1 Å². The first-order valence-electron chi connectivity index (χ1n) is 7.01. The zero-order valence-corrected chi connectivity index (χ0v) is 12.4. The molecule has 0 bridgehead atoms. The quantitative estimate of drug-likeness (QED) is 0.865. The number of rotatable bonds is 6. The van der Waals surface area contributed by atoms with Gasteiger partial charge >= 0.3 is 0 Å². The molecule has 2 aromatic rings. The SMILES string of the molecule is CCOc1cccc(NCC(C)(C)c2ccccc2)n1. The van der Waals surface area contributed by atoms with Crippen molar-refractivity contribution in [3.8, 4) is 5.88 Å². The van der Waals surface area contributed by atoms with Crippen LogP contribution in [0.4, 0.5) is 5.82 Å². The van der Waals surface area contributed by atoms with E-state index in [4.69, 9.17) is 4.74 Å². The first-order chi connectivity index (χ1) is 9.62. The number of pyridine rings is 1. The Morgan fingerprint density at radius 1 is 1.05 bits per heavy atom. The van der Waals surface area contributed by atoms with Gasteiger partial charge in [-0.3, -0.25) is 0 Å². The predicted octanol–water partition coefficient (Wildman–Crippen LogP) is 3.87. The van der Waals surface area contributed by atoms with Crippen molar-refractivity contribution in [1.82, 2.24) is 4.98 Å². The number of ether oxygens (including phenoxy) is 1. The molecule has 0 saturated carbocycles. The fraction of sp³-hybridized carbons (Fsp3) is 0.353. The predicted molar refractivity (Wildman–Crippen MR) is 83.4 cm³/mol. The van der Waals surface area contributed by atoms with E-state index in [9.17, 15) is 0 Å². The highest BCUT2D eigenvalue weighted by molar-refractivity contribution is 5.38.